The van der Waals surface area contributed by atoms with Gasteiger partial charge in [0.05, 0.1) is 6.04 Å². The molecule has 4 aromatic rings. The summed E-state index contributed by atoms with van der Waals surface area (Å²) >= 11 is 0. The smallest absolute Gasteiger partial charge is 0.270 e. The highest BCUT2D eigenvalue weighted by molar-refractivity contribution is 5.99. The number of nitrogens with one attached hydrogen (secondary N) is 1. The third kappa shape index (κ3) is 5.35. The SMILES string of the molecule is CCCCC(NC(=O)c1c(-c2ccc(C)c(F)c2)nc(-c2ccccc2)n1CC)c1ccccc1. The Morgan fingerprint density at radius 3 is 2.29 bits per heavy atom. The van der Waals surface area contributed by atoms with Gasteiger partial charge in [-0.15, -0.1) is 0 Å². The summed E-state index contributed by atoms with van der Waals surface area (Å²) in [5, 5.41) is 3.27. The van der Waals surface area contributed by atoms with Crippen LogP contribution in [0.25, 0.3) is 22.6 Å². The molecular formula is C30H32FN3O. The minimum Gasteiger partial charge on any atom is -0.344 e. The summed E-state index contributed by atoms with van der Waals surface area (Å²) in [5.74, 6) is 0.174. The van der Waals surface area contributed by atoms with Crippen molar-refractivity contribution in [1.29, 1.82) is 0 Å². The molecular weight excluding hydrogens is 437 g/mol. The fourth-order valence-corrected chi connectivity index (χ4v) is 4.38. The molecule has 3 aromatic carbocycles. The van der Waals surface area contributed by atoms with Crippen LogP contribution in [-0.4, -0.2) is 15.5 Å². The summed E-state index contributed by atoms with van der Waals surface area (Å²) in [5.41, 5.74) is 4.07. The Hall–Kier alpha value is -3.73. The molecule has 1 unspecified atom stereocenters. The molecule has 1 atom stereocenters. The number of carbonyl (C=O) groups is 1. The molecule has 0 radical (unpaired) electrons. The van der Waals surface area contributed by atoms with E-state index in [0.717, 1.165) is 30.4 Å². The molecule has 0 saturated heterocycles. The molecule has 0 bridgehead atoms. The number of hydrogen-bond acceptors (Lipinski definition) is 2. The number of hydrogen-bond donors (Lipinski definition) is 1. The van der Waals surface area contributed by atoms with E-state index in [1.165, 1.54) is 6.07 Å². The Balaban J connectivity index is 1.83. The molecule has 5 heteroatoms. The predicted molar refractivity (Wildman–Crippen MR) is 140 cm³/mol. The number of amides is 1. The van der Waals surface area contributed by atoms with Crippen molar-refractivity contribution in [2.45, 2.75) is 52.6 Å². The number of carbonyl (C=O) groups excluding carboxylic acids is 1. The van der Waals surface area contributed by atoms with Crippen LogP contribution in [0.4, 0.5) is 4.39 Å². The van der Waals surface area contributed by atoms with Gasteiger partial charge in [-0.3, -0.25) is 4.79 Å². The topological polar surface area (TPSA) is 46.9 Å². The van der Waals surface area contributed by atoms with Crippen molar-refractivity contribution in [3.8, 4) is 22.6 Å². The van der Waals surface area contributed by atoms with E-state index in [-0.39, 0.29) is 17.8 Å². The quantitative estimate of drug-likeness (QED) is 0.279. The van der Waals surface area contributed by atoms with E-state index in [1.54, 1.807) is 13.0 Å². The van der Waals surface area contributed by atoms with Gasteiger partial charge in [0.1, 0.15) is 23.0 Å². The zero-order valence-electron chi connectivity index (χ0n) is 20.6. The van der Waals surface area contributed by atoms with E-state index < -0.39 is 0 Å². The van der Waals surface area contributed by atoms with Crippen LogP contribution < -0.4 is 5.32 Å². The van der Waals surface area contributed by atoms with Crippen LogP contribution >= 0.6 is 0 Å². The molecule has 0 aliphatic carbocycles. The van der Waals surface area contributed by atoms with Gasteiger partial charge in [-0.1, -0.05) is 92.6 Å². The zero-order chi connectivity index (χ0) is 24.8. The molecule has 180 valence electrons. The van der Waals surface area contributed by atoms with E-state index >= 15 is 0 Å². The lowest BCUT2D eigenvalue weighted by molar-refractivity contribution is 0.0925. The largest absolute Gasteiger partial charge is 0.344 e. The van der Waals surface area contributed by atoms with Gasteiger partial charge in [0, 0.05) is 17.7 Å². The Morgan fingerprint density at radius 2 is 1.66 bits per heavy atom. The highest BCUT2D eigenvalue weighted by atomic mass is 19.1. The molecule has 1 aromatic heterocycles. The van der Waals surface area contributed by atoms with Gasteiger partial charge in [-0.2, -0.15) is 0 Å². The minimum atomic E-state index is -0.314. The minimum absolute atomic E-state index is 0.119. The van der Waals surface area contributed by atoms with Crippen LogP contribution in [0.15, 0.2) is 78.9 Å². The Labute approximate surface area is 206 Å². The molecule has 0 spiro atoms. The Morgan fingerprint density at radius 1 is 0.971 bits per heavy atom. The number of nitrogens with zero attached hydrogens (tertiary/aromatic N) is 2. The summed E-state index contributed by atoms with van der Waals surface area (Å²) in [6, 6.07) is 24.8. The van der Waals surface area contributed by atoms with Crippen LogP contribution in [0.5, 0.6) is 0 Å². The first-order valence-electron chi connectivity index (χ1n) is 12.3. The normalized spacial score (nSPS) is 11.9. The third-order valence-electron chi connectivity index (χ3n) is 6.33. The van der Waals surface area contributed by atoms with E-state index in [2.05, 4.69) is 12.2 Å². The van der Waals surface area contributed by atoms with Gasteiger partial charge < -0.3 is 9.88 Å². The molecule has 1 heterocycles. The molecule has 0 aliphatic heterocycles. The molecule has 4 nitrogen and oxygen atoms in total. The standard InChI is InChI=1S/C30H32FN3O/c1-4-6-17-26(22-13-9-7-10-14-22)32-30(35)28-27(24-19-18-21(3)25(31)20-24)33-29(34(28)5-2)23-15-11-8-12-16-23/h7-16,18-20,26H,4-6,17H2,1-3H3,(H,32,35). The molecule has 1 N–H and O–H groups in total. The van der Waals surface area contributed by atoms with Gasteiger partial charge in [-0.05, 0) is 37.5 Å². The van der Waals surface area contributed by atoms with Crippen molar-refractivity contribution < 1.29 is 9.18 Å². The maximum absolute atomic E-state index is 14.5. The van der Waals surface area contributed by atoms with Gasteiger partial charge >= 0.3 is 0 Å². The van der Waals surface area contributed by atoms with Crippen LogP contribution in [-0.2, 0) is 6.54 Å². The number of imidazole rings is 1. The first kappa shape index (κ1) is 24.4. The van der Waals surface area contributed by atoms with Crippen molar-refractivity contribution in [3.05, 3.63) is 102 Å². The fourth-order valence-electron chi connectivity index (χ4n) is 4.38. The van der Waals surface area contributed by atoms with Crippen LogP contribution in [0, 0.1) is 12.7 Å². The Kier molecular flexibility index (Phi) is 7.76. The second-order valence-electron chi connectivity index (χ2n) is 8.79. The molecule has 0 aliphatic rings. The van der Waals surface area contributed by atoms with E-state index in [0.29, 0.717) is 34.9 Å². The van der Waals surface area contributed by atoms with Gasteiger partial charge in [0.25, 0.3) is 5.91 Å². The summed E-state index contributed by atoms with van der Waals surface area (Å²) < 4.78 is 16.5. The number of unbranched alkanes of at least 4 members (excludes halogenated alkanes) is 1. The lowest BCUT2D eigenvalue weighted by atomic mass is 10.0. The van der Waals surface area contributed by atoms with E-state index in [9.17, 15) is 9.18 Å². The molecule has 4 rings (SSSR count). The lowest BCUT2D eigenvalue weighted by Crippen LogP contribution is -2.31. The van der Waals surface area contributed by atoms with E-state index in [4.69, 9.17) is 4.98 Å². The summed E-state index contributed by atoms with van der Waals surface area (Å²) in [7, 11) is 0. The third-order valence-corrected chi connectivity index (χ3v) is 6.33. The maximum Gasteiger partial charge on any atom is 0.270 e. The van der Waals surface area contributed by atoms with E-state index in [1.807, 2.05) is 78.2 Å². The lowest BCUT2D eigenvalue weighted by Gasteiger charge is -2.20. The number of benzene rings is 3. The van der Waals surface area contributed by atoms with Crippen LogP contribution in [0.3, 0.4) is 0 Å². The fraction of sp³-hybridized carbons (Fsp3) is 0.267. The highest BCUT2D eigenvalue weighted by Crippen LogP contribution is 2.31. The van der Waals surface area contributed by atoms with Crippen LogP contribution in [0.1, 0.15) is 60.8 Å². The van der Waals surface area contributed by atoms with Crippen molar-refractivity contribution in [3.63, 3.8) is 0 Å². The number of rotatable bonds is 9. The monoisotopic (exact) mass is 469 g/mol. The zero-order valence-corrected chi connectivity index (χ0v) is 20.6. The number of aryl methyl sites for hydroxylation is 1. The Bertz CT molecular complexity index is 1280. The maximum atomic E-state index is 14.5. The van der Waals surface area contributed by atoms with Crippen molar-refractivity contribution in [2.75, 3.05) is 0 Å². The van der Waals surface area contributed by atoms with Crippen molar-refractivity contribution in [1.82, 2.24) is 14.9 Å². The molecule has 35 heavy (non-hydrogen) atoms. The second-order valence-corrected chi connectivity index (χ2v) is 8.79. The number of halogens is 1. The second kappa shape index (κ2) is 11.1. The van der Waals surface area contributed by atoms with Crippen molar-refractivity contribution in [2.24, 2.45) is 0 Å². The molecule has 1 amide bonds. The molecule has 0 fully saturated rings. The number of aromatic nitrogens is 2. The average molecular weight is 470 g/mol. The van der Waals surface area contributed by atoms with Crippen molar-refractivity contribution >= 4 is 5.91 Å². The van der Waals surface area contributed by atoms with Crippen LogP contribution in [0.2, 0.25) is 0 Å². The first-order valence-corrected chi connectivity index (χ1v) is 12.3. The van der Waals surface area contributed by atoms with Gasteiger partial charge in [0.2, 0.25) is 0 Å². The summed E-state index contributed by atoms with van der Waals surface area (Å²) in [4.78, 5) is 18.8. The van der Waals surface area contributed by atoms with Gasteiger partial charge in [-0.25, -0.2) is 9.37 Å². The van der Waals surface area contributed by atoms with Gasteiger partial charge in [0.15, 0.2) is 0 Å². The average Bonchev–Trinajstić information content (AvgIpc) is 3.29. The highest BCUT2D eigenvalue weighted by Gasteiger charge is 2.26. The first-order chi connectivity index (χ1) is 17.0. The predicted octanol–water partition coefficient (Wildman–Crippen LogP) is 7.35. The summed E-state index contributed by atoms with van der Waals surface area (Å²) in [6.07, 6.45) is 2.88. The summed E-state index contributed by atoms with van der Waals surface area (Å²) in [6.45, 7) is 6.42. The molecule has 0 saturated carbocycles.